The van der Waals surface area contributed by atoms with E-state index < -0.39 is 87.4 Å². The van der Waals surface area contributed by atoms with E-state index in [1.807, 2.05) is 6.26 Å². The van der Waals surface area contributed by atoms with Crippen molar-refractivity contribution in [1.82, 2.24) is 24.9 Å². The lowest BCUT2D eigenvalue weighted by atomic mass is 9.72. The number of hydrazine groups is 1. The van der Waals surface area contributed by atoms with Crippen molar-refractivity contribution in [2.45, 2.75) is 48.9 Å². The van der Waals surface area contributed by atoms with Crippen molar-refractivity contribution in [3.63, 3.8) is 0 Å². The third kappa shape index (κ3) is 7.37. The molecule has 284 valence electrons. The fraction of sp³-hybridized carbons (Fsp3) is 0.412. The number of benzene rings is 2. The summed E-state index contributed by atoms with van der Waals surface area (Å²) in [5, 5.41) is 16.4. The first-order valence-electron chi connectivity index (χ1n) is 16.2. The molecule has 1 aromatic heterocycles. The fourth-order valence-corrected chi connectivity index (χ4v) is 7.15. The summed E-state index contributed by atoms with van der Waals surface area (Å²) in [7, 11) is 1.42. The molecule has 2 aromatic carbocycles. The Morgan fingerprint density at radius 3 is 2.38 bits per heavy atom. The van der Waals surface area contributed by atoms with Gasteiger partial charge in [0.15, 0.2) is 11.6 Å². The van der Waals surface area contributed by atoms with Gasteiger partial charge in [0.1, 0.15) is 30.0 Å². The molecule has 10 nitrogen and oxygen atoms in total. The average molecular weight is 773 g/mol. The van der Waals surface area contributed by atoms with Gasteiger partial charge < -0.3 is 15.2 Å². The minimum atomic E-state index is -4.98. The van der Waals surface area contributed by atoms with Crippen molar-refractivity contribution in [3.8, 4) is 17.0 Å². The van der Waals surface area contributed by atoms with Crippen LogP contribution in [0.15, 0.2) is 54.1 Å². The number of anilines is 1. The molecule has 0 unspecified atom stereocenters. The molecule has 2 amide bonds. The molecule has 0 bridgehead atoms. The Labute approximate surface area is 301 Å². The molecule has 3 aromatic rings. The number of aromatic nitrogens is 2. The van der Waals surface area contributed by atoms with Crippen molar-refractivity contribution < 1.29 is 54.6 Å². The summed E-state index contributed by atoms with van der Waals surface area (Å²) >= 11 is 1.74. The van der Waals surface area contributed by atoms with Crippen molar-refractivity contribution in [2.75, 3.05) is 44.9 Å². The number of halogens is 8. The molecule has 0 atom stereocenters. The second-order valence-corrected chi connectivity index (χ2v) is 13.9. The van der Waals surface area contributed by atoms with Gasteiger partial charge in [-0.25, -0.2) is 19.4 Å². The lowest BCUT2D eigenvalue weighted by Gasteiger charge is -2.54. The van der Waals surface area contributed by atoms with E-state index in [-0.39, 0.29) is 30.8 Å². The van der Waals surface area contributed by atoms with Crippen molar-refractivity contribution in [1.29, 1.82) is 0 Å². The summed E-state index contributed by atoms with van der Waals surface area (Å²) in [5.74, 6) is -6.07. The van der Waals surface area contributed by atoms with Crippen LogP contribution in [0.3, 0.4) is 0 Å². The normalized spacial score (nSPS) is 18.3. The van der Waals surface area contributed by atoms with E-state index in [4.69, 9.17) is 4.74 Å². The number of rotatable bonds is 10. The van der Waals surface area contributed by atoms with Gasteiger partial charge in [0.2, 0.25) is 5.82 Å². The molecule has 2 aliphatic heterocycles. The van der Waals surface area contributed by atoms with Gasteiger partial charge in [-0.1, -0.05) is 6.07 Å². The van der Waals surface area contributed by atoms with E-state index in [0.717, 1.165) is 24.2 Å². The van der Waals surface area contributed by atoms with E-state index in [9.17, 15) is 41.0 Å². The maximum absolute atomic E-state index is 15.4. The molecule has 1 aliphatic carbocycles. The van der Waals surface area contributed by atoms with E-state index in [1.54, 1.807) is 11.8 Å². The largest absolute Gasteiger partial charge is 0.509 e. The number of nitrogens with zero attached hydrogens (tertiary/aromatic N) is 5. The van der Waals surface area contributed by atoms with Gasteiger partial charge in [0.05, 0.1) is 29.0 Å². The zero-order chi connectivity index (χ0) is 38.5. The standard InChI is InChI=1S/C34H32F8N6O4S/c1-46-32(8-3-9-32)29(49)26(31(51)48(46)14-18-4-7-24(28(36)27(18)35)52-11-10-47-15-20(16-47)53-2)30(50)45-22-6-5-19(33(37,38)39)12-21(22)23-13-25(34(40,41)42)44-17-43-23/h4-7,12-13,17,20,49H,3,8-11,14-16H2,1-2H3,(H,45,50). The van der Waals surface area contributed by atoms with Gasteiger partial charge in [-0.05, 0) is 55.9 Å². The van der Waals surface area contributed by atoms with Crippen molar-refractivity contribution in [3.05, 3.63) is 82.5 Å². The van der Waals surface area contributed by atoms with Crippen LogP contribution in [0.25, 0.3) is 11.3 Å². The Kier molecular flexibility index (Phi) is 10.4. The van der Waals surface area contributed by atoms with Gasteiger partial charge in [-0.15, -0.1) is 0 Å². The molecule has 19 heteroatoms. The molecule has 3 heterocycles. The number of amides is 2. The monoisotopic (exact) mass is 772 g/mol. The Morgan fingerprint density at radius 1 is 1.04 bits per heavy atom. The summed E-state index contributed by atoms with van der Waals surface area (Å²) in [6.45, 7) is 1.74. The topological polar surface area (TPSA) is 111 Å². The maximum atomic E-state index is 15.4. The first-order valence-corrected chi connectivity index (χ1v) is 17.5. The van der Waals surface area contributed by atoms with Gasteiger partial charge in [-0.3, -0.25) is 19.5 Å². The van der Waals surface area contributed by atoms with E-state index in [1.165, 1.54) is 24.2 Å². The number of hydrogen-bond acceptors (Lipinski definition) is 9. The highest BCUT2D eigenvalue weighted by Gasteiger charge is 2.55. The Morgan fingerprint density at radius 2 is 1.75 bits per heavy atom. The number of hydrogen-bond donors (Lipinski definition) is 2. The average Bonchev–Trinajstić information content (AvgIpc) is 3.05. The molecule has 1 saturated carbocycles. The van der Waals surface area contributed by atoms with Crippen LogP contribution in [0, 0.1) is 11.6 Å². The van der Waals surface area contributed by atoms with Crippen LogP contribution in [0.2, 0.25) is 0 Å². The summed E-state index contributed by atoms with van der Waals surface area (Å²) in [4.78, 5) is 36.6. The van der Waals surface area contributed by atoms with Gasteiger partial charge in [-0.2, -0.15) is 42.5 Å². The number of aliphatic hydroxyl groups is 1. The molecule has 6 rings (SSSR count). The van der Waals surface area contributed by atoms with Gasteiger partial charge in [0.25, 0.3) is 11.8 Å². The van der Waals surface area contributed by atoms with Crippen LogP contribution in [0.5, 0.6) is 5.75 Å². The summed E-state index contributed by atoms with van der Waals surface area (Å²) < 4.78 is 117. The highest BCUT2D eigenvalue weighted by Crippen LogP contribution is 2.47. The number of thioether (sulfide) groups is 1. The Balaban J connectivity index is 1.27. The van der Waals surface area contributed by atoms with Crippen LogP contribution in [-0.2, 0) is 28.5 Å². The minimum Gasteiger partial charge on any atom is -0.509 e. The SMILES string of the molecule is CSC1CN(CCOc2ccc(CN3C(=O)C(C(=O)Nc4ccc(C(F)(F)F)cc4-c4cc(C(F)(F)F)ncn4)=C(O)C4(CCC4)N3C)c(F)c2F)C1. The molecule has 1 saturated heterocycles. The van der Waals surface area contributed by atoms with Crippen molar-refractivity contribution in [2.24, 2.45) is 0 Å². The molecule has 2 N–H and O–H groups in total. The number of likely N-dealkylation sites (tertiary alicyclic amines) is 1. The fourth-order valence-electron chi connectivity index (χ4n) is 6.43. The quantitative estimate of drug-likeness (QED) is 0.178. The zero-order valence-electron chi connectivity index (χ0n) is 28.1. The second kappa shape index (κ2) is 14.4. The number of carbonyl (C=O) groups is 2. The molecule has 1 spiro atoms. The van der Waals surface area contributed by atoms with Crippen LogP contribution in [0.4, 0.5) is 40.8 Å². The smallest absolute Gasteiger partial charge is 0.433 e. The molecule has 53 heavy (non-hydrogen) atoms. The number of carbonyl (C=O) groups excluding carboxylic acids is 2. The zero-order valence-corrected chi connectivity index (χ0v) is 28.9. The van der Waals surface area contributed by atoms with E-state index in [0.29, 0.717) is 42.7 Å². The highest BCUT2D eigenvalue weighted by molar-refractivity contribution is 7.99. The predicted octanol–water partition coefficient (Wildman–Crippen LogP) is 6.45. The molecule has 0 radical (unpaired) electrons. The summed E-state index contributed by atoms with van der Waals surface area (Å²) in [6.07, 6.45) is -6.40. The third-order valence-corrected chi connectivity index (χ3v) is 10.7. The first-order chi connectivity index (χ1) is 24.9. The third-order valence-electron chi connectivity index (χ3n) is 9.71. The molecular formula is C34H32F8N6O4S. The maximum Gasteiger partial charge on any atom is 0.433 e. The Bertz CT molecular complexity index is 1950. The van der Waals surface area contributed by atoms with Gasteiger partial charge in [0, 0.05) is 43.1 Å². The number of alkyl halides is 6. The first kappa shape index (κ1) is 38.2. The van der Waals surface area contributed by atoms with Crippen LogP contribution < -0.4 is 10.1 Å². The number of likely N-dealkylation sites (N-methyl/N-ethyl adjacent to an activating group) is 1. The molecular weight excluding hydrogens is 740 g/mol. The lowest BCUT2D eigenvalue weighted by molar-refractivity contribution is -0.172. The van der Waals surface area contributed by atoms with E-state index in [2.05, 4.69) is 20.2 Å². The number of aliphatic hydroxyl groups excluding tert-OH is 1. The van der Waals surface area contributed by atoms with E-state index >= 15 is 8.78 Å². The number of nitrogens with one attached hydrogen (secondary N) is 1. The second-order valence-electron chi connectivity index (χ2n) is 12.8. The van der Waals surface area contributed by atoms with Gasteiger partial charge >= 0.3 is 12.4 Å². The van der Waals surface area contributed by atoms with Crippen molar-refractivity contribution >= 4 is 29.3 Å². The molecule has 3 aliphatic rings. The van der Waals surface area contributed by atoms with Crippen LogP contribution >= 0.6 is 11.8 Å². The lowest BCUT2D eigenvalue weighted by Crippen LogP contribution is -2.65. The summed E-state index contributed by atoms with van der Waals surface area (Å²) in [6, 6.07) is 4.63. The minimum absolute atomic E-state index is 0.108. The summed E-state index contributed by atoms with van der Waals surface area (Å²) in [5.41, 5.74) is -6.89. The number of ether oxygens (including phenoxy) is 1. The van der Waals surface area contributed by atoms with Crippen LogP contribution in [0.1, 0.15) is 36.1 Å². The highest BCUT2D eigenvalue weighted by atomic mass is 32.2. The molecule has 2 fully saturated rings. The predicted molar refractivity (Wildman–Crippen MR) is 176 cm³/mol. The van der Waals surface area contributed by atoms with Crippen LogP contribution in [-0.4, -0.2) is 92.1 Å². The Hall–Kier alpha value is -4.49.